The van der Waals surface area contributed by atoms with Gasteiger partial charge in [0, 0.05) is 0 Å². The molecule has 0 atom stereocenters. The topological polar surface area (TPSA) is 83.5 Å². The maximum absolute atomic E-state index is 10.3. The van der Waals surface area contributed by atoms with E-state index < -0.39 is 10.4 Å². The van der Waals surface area contributed by atoms with Gasteiger partial charge in [-0.15, -0.1) is 0 Å². The molecule has 1 aromatic rings. The van der Waals surface area contributed by atoms with Crippen LogP contribution in [0.3, 0.4) is 0 Å². The van der Waals surface area contributed by atoms with Crippen molar-refractivity contribution in [1.82, 2.24) is 0 Å². The van der Waals surface area contributed by atoms with Crippen LogP contribution >= 0.6 is 0 Å². The van der Waals surface area contributed by atoms with Gasteiger partial charge in [0.25, 0.3) is 10.4 Å². The number of rotatable bonds is 3. The van der Waals surface area contributed by atoms with Gasteiger partial charge in [0.1, 0.15) is 0 Å². The second-order valence-corrected chi connectivity index (χ2v) is 3.13. The molecule has 70 valence electrons. The summed E-state index contributed by atoms with van der Waals surface area (Å²) in [6.07, 6.45) is 0.403. The Hall–Kier alpha value is -0.400. The molecule has 0 aliphatic rings. The third-order valence-electron chi connectivity index (χ3n) is 1.24. The van der Waals surface area contributed by atoms with Gasteiger partial charge < -0.3 is 8.74 Å². The molecule has 0 aliphatic heterocycles. The number of hydrogen-bond acceptors (Lipinski definition) is 5. The Morgan fingerprint density at radius 1 is 1.29 bits per heavy atom. The second kappa shape index (κ2) is 5.47. The van der Waals surface area contributed by atoms with E-state index in [-0.39, 0.29) is 40.9 Å². The van der Waals surface area contributed by atoms with Gasteiger partial charge in [-0.3, -0.25) is 4.79 Å². The molecule has 1 aromatic carbocycles. The van der Waals surface area contributed by atoms with Crippen molar-refractivity contribution in [3.8, 4) is 5.75 Å². The Bertz CT molecular complexity index is 414. The minimum absolute atomic E-state index is 0. The van der Waals surface area contributed by atoms with Crippen molar-refractivity contribution in [2.24, 2.45) is 0 Å². The fourth-order valence-electron chi connectivity index (χ4n) is 0.764. The van der Waals surface area contributed by atoms with Gasteiger partial charge in [-0.2, -0.15) is 0 Å². The van der Waals surface area contributed by atoms with Crippen LogP contribution in [0.25, 0.3) is 0 Å². The van der Waals surface area contributed by atoms with E-state index in [1.807, 2.05) is 0 Å². The van der Waals surface area contributed by atoms with Gasteiger partial charge in [-0.1, -0.05) is 12.1 Å². The van der Waals surface area contributed by atoms with Crippen LogP contribution < -0.4 is 33.7 Å². The van der Waals surface area contributed by atoms with Crippen LogP contribution in [0, 0.1) is 0 Å². The minimum Gasteiger partial charge on any atom is -0.716 e. The standard InChI is InChI=1S/C7H6O5S.Na/c8-5-6-3-1-2-4-7(6)12-13(9,10)11;/h1-5H,(H,9,10,11);/q;+1/p-1. The molecule has 0 fully saturated rings. The fraction of sp³-hybridized carbons (Fsp3) is 0. The molecule has 0 aromatic heterocycles. The van der Waals surface area contributed by atoms with Gasteiger partial charge in [0.15, 0.2) is 12.0 Å². The number of carbonyl (C=O) groups excluding carboxylic acids is 1. The molecule has 0 radical (unpaired) electrons. The van der Waals surface area contributed by atoms with E-state index >= 15 is 0 Å². The molecule has 14 heavy (non-hydrogen) atoms. The summed E-state index contributed by atoms with van der Waals surface area (Å²) in [5.41, 5.74) is 0.0157. The van der Waals surface area contributed by atoms with E-state index in [4.69, 9.17) is 0 Å². The van der Waals surface area contributed by atoms with Crippen molar-refractivity contribution >= 4 is 16.7 Å². The molecule has 5 nitrogen and oxygen atoms in total. The molecule has 0 aliphatic carbocycles. The van der Waals surface area contributed by atoms with E-state index in [0.29, 0.717) is 6.29 Å². The normalized spacial score (nSPS) is 10.1. The van der Waals surface area contributed by atoms with E-state index in [2.05, 4.69) is 4.18 Å². The summed E-state index contributed by atoms with van der Waals surface area (Å²) in [6.45, 7) is 0. The van der Waals surface area contributed by atoms with Crippen molar-refractivity contribution < 1.29 is 51.5 Å². The van der Waals surface area contributed by atoms with Gasteiger partial charge in [0.2, 0.25) is 0 Å². The Morgan fingerprint density at radius 2 is 1.86 bits per heavy atom. The van der Waals surface area contributed by atoms with Crippen molar-refractivity contribution in [2.75, 3.05) is 0 Å². The monoisotopic (exact) mass is 224 g/mol. The molecular formula is C7H5NaO5S. The molecule has 0 N–H and O–H groups in total. The van der Waals surface area contributed by atoms with Gasteiger partial charge >= 0.3 is 29.6 Å². The van der Waals surface area contributed by atoms with Crippen molar-refractivity contribution in [3.05, 3.63) is 29.8 Å². The van der Waals surface area contributed by atoms with Crippen LogP contribution in [0.1, 0.15) is 10.4 Å². The Morgan fingerprint density at radius 3 is 2.36 bits per heavy atom. The van der Waals surface area contributed by atoms with Crippen molar-refractivity contribution in [1.29, 1.82) is 0 Å². The molecule has 0 saturated heterocycles. The predicted molar refractivity (Wildman–Crippen MR) is 42.2 cm³/mol. The van der Waals surface area contributed by atoms with Crippen LogP contribution in [0.4, 0.5) is 0 Å². The summed E-state index contributed by atoms with van der Waals surface area (Å²) < 4.78 is 34.5. The first-order valence-corrected chi connectivity index (χ1v) is 4.56. The minimum atomic E-state index is -4.82. The predicted octanol–water partition coefficient (Wildman–Crippen LogP) is -2.66. The van der Waals surface area contributed by atoms with E-state index in [0.717, 1.165) is 0 Å². The molecule has 1 rings (SSSR count). The molecule has 0 amide bonds. The van der Waals surface area contributed by atoms with Crippen molar-refractivity contribution in [2.45, 2.75) is 0 Å². The largest absolute Gasteiger partial charge is 1.00 e. The number of aldehydes is 1. The average Bonchev–Trinajstić information content (AvgIpc) is 2.02. The Kier molecular flexibility index (Phi) is 5.32. The van der Waals surface area contributed by atoms with Crippen LogP contribution in [-0.4, -0.2) is 19.3 Å². The van der Waals surface area contributed by atoms with E-state index in [1.54, 1.807) is 0 Å². The summed E-state index contributed by atoms with van der Waals surface area (Å²) in [5.74, 6) is -0.257. The zero-order chi connectivity index (χ0) is 9.90. The van der Waals surface area contributed by atoms with E-state index in [1.165, 1.54) is 24.3 Å². The SMILES string of the molecule is O=Cc1ccccc1OS(=O)(=O)[O-].[Na+]. The first kappa shape index (κ1) is 13.6. The zero-order valence-corrected chi connectivity index (χ0v) is 10.2. The third kappa shape index (κ3) is 4.21. The van der Waals surface area contributed by atoms with Gasteiger partial charge in [0.05, 0.1) is 5.56 Å². The third-order valence-corrected chi connectivity index (χ3v) is 1.62. The summed E-state index contributed by atoms with van der Waals surface area (Å²) in [6, 6.07) is 5.54. The fourth-order valence-corrected chi connectivity index (χ4v) is 1.14. The smallest absolute Gasteiger partial charge is 0.716 e. The molecule has 0 spiro atoms. The summed E-state index contributed by atoms with van der Waals surface area (Å²) in [7, 11) is -4.82. The Balaban J connectivity index is 0.00000169. The molecule has 0 unspecified atom stereocenters. The maximum atomic E-state index is 10.3. The second-order valence-electron chi connectivity index (χ2n) is 2.15. The van der Waals surface area contributed by atoms with Crippen LogP contribution in [0.2, 0.25) is 0 Å². The first-order chi connectivity index (χ1) is 6.03. The zero-order valence-electron chi connectivity index (χ0n) is 7.34. The average molecular weight is 224 g/mol. The molecule has 0 saturated carbocycles. The molecule has 7 heteroatoms. The number of hydrogen-bond donors (Lipinski definition) is 0. The summed E-state index contributed by atoms with van der Waals surface area (Å²) >= 11 is 0. The summed E-state index contributed by atoms with van der Waals surface area (Å²) in [4.78, 5) is 10.3. The molecule has 0 bridgehead atoms. The number of benzene rings is 1. The maximum Gasteiger partial charge on any atom is 1.00 e. The first-order valence-electron chi connectivity index (χ1n) is 3.22. The van der Waals surface area contributed by atoms with Crippen LogP contribution in [0.5, 0.6) is 5.75 Å². The molecular weight excluding hydrogens is 219 g/mol. The van der Waals surface area contributed by atoms with E-state index in [9.17, 15) is 17.8 Å². The summed E-state index contributed by atoms with van der Waals surface area (Å²) in [5, 5.41) is 0. The van der Waals surface area contributed by atoms with Gasteiger partial charge in [-0.05, 0) is 12.1 Å². The quantitative estimate of drug-likeness (QED) is 0.242. The Labute approximate surface area is 103 Å². The number of carbonyl (C=O) groups is 1. The van der Waals surface area contributed by atoms with Crippen LogP contribution in [0.15, 0.2) is 24.3 Å². The van der Waals surface area contributed by atoms with Crippen molar-refractivity contribution in [3.63, 3.8) is 0 Å². The van der Waals surface area contributed by atoms with Crippen LogP contribution in [-0.2, 0) is 10.4 Å². The molecule has 0 heterocycles. The van der Waals surface area contributed by atoms with Gasteiger partial charge in [-0.25, -0.2) is 8.42 Å². The number of para-hydroxylation sites is 1.